The summed E-state index contributed by atoms with van der Waals surface area (Å²) in [6.07, 6.45) is 2.22. The maximum absolute atomic E-state index is 12.0. The molecule has 39 heavy (non-hydrogen) atoms. The van der Waals surface area contributed by atoms with Gasteiger partial charge in [-0.05, 0) is 90.0 Å². The van der Waals surface area contributed by atoms with Crippen LogP contribution in [0, 0.1) is 5.92 Å². The van der Waals surface area contributed by atoms with Gasteiger partial charge in [-0.2, -0.15) is 5.10 Å². The minimum Gasteiger partial charge on any atom is -0.497 e. The number of halogens is 2. The lowest BCUT2D eigenvalue weighted by Gasteiger charge is -2.19. The first-order valence-corrected chi connectivity index (χ1v) is 13.5. The molecule has 0 radical (unpaired) electrons. The van der Waals surface area contributed by atoms with Crippen LogP contribution in [0.2, 0.25) is 10.0 Å². The van der Waals surface area contributed by atoms with Crippen molar-refractivity contribution in [1.82, 2.24) is 9.78 Å². The number of carbonyl (C=O) groups is 1. The van der Waals surface area contributed by atoms with Crippen molar-refractivity contribution in [3.8, 4) is 28.1 Å². The molecule has 5 nitrogen and oxygen atoms in total. The van der Waals surface area contributed by atoms with Gasteiger partial charge in [0.2, 0.25) is 0 Å². The molecule has 0 N–H and O–H groups in total. The van der Waals surface area contributed by atoms with Gasteiger partial charge in [0.1, 0.15) is 11.4 Å². The fraction of sp³-hybridized carbons (Fsp3) is 0.188. The van der Waals surface area contributed by atoms with Gasteiger partial charge in [-0.25, -0.2) is 4.79 Å². The van der Waals surface area contributed by atoms with Crippen LogP contribution in [0.25, 0.3) is 33.3 Å². The highest BCUT2D eigenvalue weighted by molar-refractivity contribution is 6.35. The van der Waals surface area contributed by atoms with E-state index in [0.29, 0.717) is 21.5 Å². The van der Waals surface area contributed by atoms with Crippen molar-refractivity contribution in [2.45, 2.75) is 18.9 Å². The summed E-state index contributed by atoms with van der Waals surface area (Å²) in [6.45, 7) is 0. The molecule has 0 bridgehead atoms. The Labute approximate surface area is 236 Å². The summed E-state index contributed by atoms with van der Waals surface area (Å²) in [7, 11) is 3.06. The Bertz CT molecular complexity index is 1650. The zero-order chi connectivity index (χ0) is 27.1. The lowest BCUT2D eigenvalue weighted by molar-refractivity contribution is 0.0600. The molecule has 5 aromatic rings. The predicted octanol–water partition coefficient (Wildman–Crippen LogP) is 8.47. The minimum atomic E-state index is -0.349. The smallest absolute Gasteiger partial charge is 0.337 e. The molecular formula is C32H26Cl2N2O3. The number of benzene rings is 4. The molecule has 1 fully saturated rings. The lowest BCUT2D eigenvalue weighted by atomic mass is 9.99. The van der Waals surface area contributed by atoms with E-state index in [9.17, 15) is 4.79 Å². The third-order valence-electron chi connectivity index (χ3n) is 7.27. The average molecular weight is 557 g/mol. The van der Waals surface area contributed by atoms with E-state index in [-0.39, 0.29) is 12.0 Å². The second kappa shape index (κ2) is 10.4. The van der Waals surface area contributed by atoms with E-state index in [4.69, 9.17) is 37.8 Å². The Morgan fingerprint density at radius 1 is 0.846 bits per heavy atom. The minimum absolute atomic E-state index is 0.00807. The molecule has 196 valence electrons. The topological polar surface area (TPSA) is 53.4 Å². The van der Waals surface area contributed by atoms with E-state index >= 15 is 0 Å². The monoisotopic (exact) mass is 556 g/mol. The SMILES string of the molecule is COC(=O)c1ccc(C(C2CC2)n2nc(-c3cc(Cl)cc(Cl)c3)c3ccc(-c4ccc(OC)cc4)cc32)cc1. The number of aromatic nitrogens is 2. The van der Waals surface area contributed by atoms with E-state index in [2.05, 4.69) is 35.0 Å². The zero-order valence-electron chi connectivity index (χ0n) is 21.5. The molecule has 0 spiro atoms. The highest BCUT2D eigenvalue weighted by Crippen LogP contribution is 2.46. The quantitative estimate of drug-likeness (QED) is 0.188. The first-order valence-electron chi connectivity index (χ1n) is 12.8. The van der Waals surface area contributed by atoms with Crippen molar-refractivity contribution in [2.24, 2.45) is 5.92 Å². The van der Waals surface area contributed by atoms with Crippen LogP contribution < -0.4 is 4.74 Å². The number of hydrogen-bond acceptors (Lipinski definition) is 4. The molecule has 1 unspecified atom stereocenters. The highest BCUT2D eigenvalue weighted by Gasteiger charge is 2.36. The van der Waals surface area contributed by atoms with E-state index in [1.54, 1.807) is 13.2 Å². The molecular weight excluding hydrogens is 531 g/mol. The lowest BCUT2D eigenvalue weighted by Crippen LogP contribution is -2.15. The second-order valence-corrected chi connectivity index (χ2v) is 10.7. The van der Waals surface area contributed by atoms with Crippen molar-refractivity contribution in [3.05, 3.63) is 106 Å². The molecule has 1 aliphatic rings. The predicted molar refractivity (Wildman–Crippen MR) is 156 cm³/mol. The average Bonchev–Trinajstić information content (AvgIpc) is 3.72. The summed E-state index contributed by atoms with van der Waals surface area (Å²) in [5.41, 5.74) is 6.50. The fourth-order valence-corrected chi connectivity index (χ4v) is 5.70. The fourth-order valence-electron chi connectivity index (χ4n) is 5.18. The normalized spacial score (nSPS) is 13.8. The van der Waals surface area contributed by atoms with Crippen LogP contribution in [-0.2, 0) is 4.74 Å². The Morgan fingerprint density at radius 3 is 2.13 bits per heavy atom. The van der Waals surface area contributed by atoms with Crippen LogP contribution in [0.1, 0.15) is 34.8 Å². The maximum atomic E-state index is 12.0. The first kappa shape index (κ1) is 25.5. The summed E-state index contributed by atoms with van der Waals surface area (Å²) in [4.78, 5) is 12.0. The molecule has 0 aliphatic heterocycles. The third-order valence-corrected chi connectivity index (χ3v) is 7.71. The van der Waals surface area contributed by atoms with Crippen molar-refractivity contribution >= 4 is 40.1 Å². The molecule has 0 amide bonds. The van der Waals surface area contributed by atoms with E-state index in [1.807, 2.05) is 48.5 Å². The molecule has 1 aromatic heterocycles. The van der Waals surface area contributed by atoms with Gasteiger partial charge < -0.3 is 9.47 Å². The van der Waals surface area contributed by atoms with Crippen LogP contribution in [0.3, 0.4) is 0 Å². The molecule has 1 aliphatic carbocycles. The molecule has 1 heterocycles. The first-order chi connectivity index (χ1) is 18.9. The van der Waals surface area contributed by atoms with Gasteiger partial charge in [-0.3, -0.25) is 4.68 Å². The molecule has 0 saturated heterocycles. The van der Waals surface area contributed by atoms with Crippen LogP contribution in [-0.4, -0.2) is 30.0 Å². The molecule has 6 rings (SSSR count). The van der Waals surface area contributed by atoms with Gasteiger partial charge >= 0.3 is 5.97 Å². The van der Waals surface area contributed by atoms with E-state index in [1.165, 1.54) is 7.11 Å². The molecule has 1 atom stereocenters. The number of nitrogens with zero attached hydrogens (tertiary/aromatic N) is 2. The summed E-state index contributed by atoms with van der Waals surface area (Å²) >= 11 is 12.8. The number of carbonyl (C=O) groups excluding carboxylic acids is 1. The van der Waals surface area contributed by atoms with Crippen LogP contribution in [0.5, 0.6) is 5.75 Å². The summed E-state index contributed by atoms with van der Waals surface area (Å²) in [6, 6.07) is 27.7. The number of hydrogen-bond donors (Lipinski definition) is 0. The molecule has 7 heteroatoms. The van der Waals surface area contributed by atoms with Crippen LogP contribution in [0.15, 0.2) is 84.9 Å². The van der Waals surface area contributed by atoms with Crippen LogP contribution in [0.4, 0.5) is 0 Å². The number of ether oxygens (including phenoxy) is 2. The standard InChI is InChI=1S/C32H26Cl2N2O3/c1-38-27-12-9-19(10-13-27)23-11-14-28-29(17-23)36(35-30(28)24-15-25(33)18-26(34)16-24)31(20-3-4-20)21-5-7-22(8-6-21)32(37)39-2/h5-18,20,31H,3-4H2,1-2H3. The number of methoxy groups -OCH3 is 2. The van der Waals surface area contributed by atoms with Gasteiger partial charge in [0.05, 0.1) is 31.3 Å². The molecule has 4 aromatic carbocycles. The van der Waals surface area contributed by atoms with Gasteiger partial charge in [0, 0.05) is 21.0 Å². The third kappa shape index (κ3) is 5.00. The van der Waals surface area contributed by atoms with Crippen molar-refractivity contribution in [2.75, 3.05) is 14.2 Å². The van der Waals surface area contributed by atoms with Gasteiger partial charge in [-0.1, -0.05) is 53.5 Å². The summed E-state index contributed by atoms with van der Waals surface area (Å²) in [5.74, 6) is 0.907. The van der Waals surface area contributed by atoms with Gasteiger partial charge in [0.25, 0.3) is 0 Å². The second-order valence-electron chi connectivity index (χ2n) is 9.81. The Morgan fingerprint density at radius 2 is 1.51 bits per heavy atom. The van der Waals surface area contributed by atoms with Crippen molar-refractivity contribution in [1.29, 1.82) is 0 Å². The van der Waals surface area contributed by atoms with Crippen molar-refractivity contribution in [3.63, 3.8) is 0 Å². The van der Waals surface area contributed by atoms with E-state index in [0.717, 1.165) is 57.4 Å². The van der Waals surface area contributed by atoms with Crippen molar-refractivity contribution < 1.29 is 14.3 Å². The summed E-state index contributed by atoms with van der Waals surface area (Å²) < 4.78 is 12.4. The number of esters is 1. The number of fused-ring (bicyclic) bond motifs is 1. The molecule has 1 saturated carbocycles. The van der Waals surface area contributed by atoms with Crippen LogP contribution >= 0.6 is 23.2 Å². The highest BCUT2D eigenvalue weighted by atomic mass is 35.5. The summed E-state index contributed by atoms with van der Waals surface area (Å²) in [5, 5.41) is 7.34. The maximum Gasteiger partial charge on any atom is 0.337 e. The Kier molecular flexibility index (Phi) is 6.79. The Hall–Kier alpha value is -3.80. The van der Waals surface area contributed by atoms with Gasteiger partial charge in [-0.15, -0.1) is 0 Å². The zero-order valence-corrected chi connectivity index (χ0v) is 23.0. The van der Waals surface area contributed by atoms with E-state index < -0.39 is 0 Å². The van der Waals surface area contributed by atoms with Gasteiger partial charge in [0.15, 0.2) is 0 Å². The Balaban J connectivity index is 1.54. The number of rotatable bonds is 7. The largest absolute Gasteiger partial charge is 0.497 e.